The van der Waals surface area contributed by atoms with Crippen LogP contribution in [-0.4, -0.2) is 6.54 Å². The zero-order valence-electron chi connectivity index (χ0n) is 13.8. The molecule has 0 saturated carbocycles. The Bertz CT molecular complexity index is 644. The highest BCUT2D eigenvalue weighted by Crippen LogP contribution is 2.41. The summed E-state index contributed by atoms with van der Waals surface area (Å²) in [6.07, 6.45) is 3.59. The monoisotopic (exact) mass is 281 g/mol. The lowest BCUT2D eigenvalue weighted by molar-refractivity contribution is 0.238. The van der Waals surface area contributed by atoms with E-state index in [4.69, 9.17) is 0 Å². The molecule has 1 unspecified atom stereocenters. The van der Waals surface area contributed by atoms with Crippen molar-refractivity contribution >= 4 is 10.8 Å². The van der Waals surface area contributed by atoms with Crippen molar-refractivity contribution in [3.8, 4) is 0 Å². The highest BCUT2D eigenvalue weighted by atomic mass is 14.9. The number of aryl methyl sites for hydroxylation is 2. The van der Waals surface area contributed by atoms with Crippen LogP contribution in [0, 0.1) is 5.41 Å². The highest BCUT2D eigenvalue weighted by molar-refractivity contribution is 5.93. The van der Waals surface area contributed by atoms with E-state index in [1.165, 1.54) is 46.7 Å². The first-order chi connectivity index (χ1) is 10.1. The second-order valence-electron chi connectivity index (χ2n) is 6.99. The molecule has 21 heavy (non-hydrogen) atoms. The second-order valence-corrected chi connectivity index (χ2v) is 6.99. The van der Waals surface area contributed by atoms with Gasteiger partial charge in [-0.25, -0.2) is 0 Å². The Hall–Kier alpha value is -1.34. The van der Waals surface area contributed by atoms with Crippen molar-refractivity contribution in [2.24, 2.45) is 5.41 Å². The third-order valence-corrected chi connectivity index (χ3v) is 5.32. The van der Waals surface area contributed by atoms with Crippen LogP contribution in [0.5, 0.6) is 0 Å². The van der Waals surface area contributed by atoms with E-state index < -0.39 is 0 Å². The number of hydrogen-bond acceptors (Lipinski definition) is 1. The summed E-state index contributed by atoms with van der Waals surface area (Å²) in [7, 11) is 0. The Morgan fingerprint density at radius 1 is 1.05 bits per heavy atom. The van der Waals surface area contributed by atoms with Crippen LogP contribution in [-0.2, 0) is 12.8 Å². The highest BCUT2D eigenvalue weighted by Gasteiger charge is 2.30. The maximum atomic E-state index is 3.74. The van der Waals surface area contributed by atoms with Crippen molar-refractivity contribution in [3.63, 3.8) is 0 Å². The molecule has 0 fully saturated rings. The Morgan fingerprint density at radius 2 is 1.76 bits per heavy atom. The molecule has 0 saturated heterocycles. The average molecular weight is 281 g/mol. The summed E-state index contributed by atoms with van der Waals surface area (Å²) in [6.45, 7) is 10.3. The average Bonchev–Trinajstić information content (AvgIpc) is 2.91. The lowest BCUT2D eigenvalue weighted by Crippen LogP contribution is -2.34. The lowest BCUT2D eigenvalue weighted by atomic mass is 9.76. The molecule has 1 atom stereocenters. The van der Waals surface area contributed by atoms with Gasteiger partial charge in [0.2, 0.25) is 0 Å². The van der Waals surface area contributed by atoms with E-state index in [1.807, 2.05) is 0 Å². The minimum Gasteiger partial charge on any atom is -0.310 e. The fourth-order valence-electron chi connectivity index (χ4n) is 3.74. The van der Waals surface area contributed by atoms with Gasteiger partial charge in [-0.1, -0.05) is 58.0 Å². The molecular weight excluding hydrogens is 254 g/mol. The molecule has 0 bridgehead atoms. The maximum Gasteiger partial charge on any atom is 0.0377 e. The number of rotatable bonds is 5. The van der Waals surface area contributed by atoms with Gasteiger partial charge in [0.05, 0.1) is 0 Å². The van der Waals surface area contributed by atoms with Crippen molar-refractivity contribution < 1.29 is 0 Å². The molecular formula is C20H27N. The molecule has 0 aromatic heterocycles. The number of hydrogen-bond donors (Lipinski definition) is 1. The van der Waals surface area contributed by atoms with Crippen LogP contribution in [0.1, 0.15) is 56.8 Å². The van der Waals surface area contributed by atoms with E-state index in [0.29, 0.717) is 6.04 Å². The second kappa shape index (κ2) is 5.46. The van der Waals surface area contributed by atoms with E-state index in [0.717, 1.165) is 6.54 Å². The van der Waals surface area contributed by atoms with Gasteiger partial charge < -0.3 is 5.32 Å². The summed E-state index contributed by atoms with van der Waals surface area (Å²) in [4.78, 5) is 0. The molecule has 1 nitrogen and oxygen atoms in total. The fraction of sp³-hybridized carbons (Fsp3) is 0.500. The lowest BCUT2D eigenvalue weighted by Gasteiger charge is -2.35. The molecule has 112 valence electrons. The molecule has 0 aliphatic heterocycles. The minimum absolute atomic E-state index is 0.258. The summed E-state index contributed by atoms with van der Waals surface area (Å²) >= 11 is 0. The molecule has 0 spiro atoms. The van der Waals surface area contributed by atoms with E-state index >= 15 is 0 Å². The first kappa shape index (κ1) is 14.6. The Labute approximate surface area is 128 Å². The van der Waals surface area contributed by atoms with Crippen molar-refractivity contribution in [1.82, 2.24) is 5.32 Å². The summed E-state index contributed by atoms with van der Waals surface area (Å²) in [5.74, 6) is 0. The number of benzene rings is 2. The van der Waals surface area contributed by atoms with E-state index in [-0.39, 0.29) is 5.41 Å². The zero-order valence-corrected chi connectivity index (χ0v) is 13.8. The van der Waals surface area contributed by atoms with Gasteiger partial charge in [-0.2, -0.15) is 0 Å². The van der Waals surface area contributed by atoms with Crippen molar-refractivity contribution in [1.29, 1.82) is 0 Å². The normalized spacial score (nSPS) is 15.6. The van der Waals surface area contributed by atoms with E-state index in [2.05, 4.69) is 63.3 Å². The van der Waals surface area contributed by atoms with Gasteiger partial charge in [-0.15, -0.1) is 0 Å². The van der Waals surface area contributed by atoms with Crippen LogP contribution in [0.25, 0.3) is 10.8 Å². The molecule has 1 N–H and O–H groups in total. The smallest absolute Gasteiger partial charge is 0.0377 e. The quantitative estimate of drug-likeness (QED) is 0.811. The zero-order chi connectivity index (χ0) is 15.0. The molecule has 1 aliphatic carbocycles. The number of nitrogens with one attached hydrogen (secondary N) is 1. The Balaban J connectivity index is 2.20. The van der Waals surface area contributed by atoms with Crippen LogP contribution in [0.15, 0.2) is 30.3 Å². The third-order valence-electron chi connectivity index (χ3n) is 5.32. The van der Waals surface area contributed by atoms with Gasteiger partial charge in [-0.3, -0.25) is 0 Å². The van der Waals surface area contributed by atoms with Crippen LogP contribution in [0.2, 0.25) is 0 Å². The summed E-state index contributed by atoms with van der Waals surface area (Å²) in [6, 6.07) is 12.0. The van der Waals surface area contributed by atoms with Crippen molar-refractivity contribution in [2.45, 2.75) is 53.0 Å². The topological polar surface area (TPSA) is 12.0 Å². The molecule has 0 heterocycles. The predicted molar refractivity (Wildman–Crippen MR) is 91.8 cm³/mol. The van der Waals surface area contributed by atoms with Gasteiger partial charge in [-0.05, 0) is 58.7 Å². The van der Waals surface area contributed by atoms with Crippen molar-refractivity contribution in [3.05, 3.63) is 47.0 Å². The summed E-state index contributed by atoms with van der Waals surface area (Å²) < 4.78 is 0. The SMILES string of the molecule is CCNC(c1ccc2c3c(cccc13)CC2)C(C)(C)CC. The van der Waals surface area contributed by atoms with Gasteiger partial charge in [0.25, 0.3) is 0 Å². The van der Waals surface area contributed by atoms with Crippen LogP contribution in [0.3, 0.4) is 0 Å². The summed E-state index contributed by atoms with van der Waals surface area (Å²) in [5.41, 5.74) is 4.81. The van der Waals surface area contributed by atoms with Gasteiger partial charge in [0, 0.05) is 6.04 Å². The molecule has 3 rings (SSSR count). The van der Waals surface area contributed by atoms with Crippen molar-refractivity contribution in [2.75, 3.05) is 6.54 Å². The van der Waals surface area contributed by atoms with Gasteiger partial charge in [0.15, 0.2) is 0 Å². The summed E-state index contributed by atoms with van der Waals surface area (Å²) in [5, 5.41) is 6.74. The molecule has 1 aliphatic rings. The predicted octanol–water partition coefficient (Wildman–Crippen LogP) is 5.03. The standard InChI is InChI=1S/C20H27N/c1-5-20(3,4)19(21-6-2)17-13-12-15-11-10-14-8-7-9-16(17)18(14)15/h7-9,12-13,19,21H,5-6,10-11H2,1-4H3. The maximum absolute atomic E-state index is 3.74. The molecule has 0 radical (unpaired) electrons. The Morgan fingerprint density at radius 3 is 2.43 bits per heavy atom. The molecule has 0 amide bonds. The minimum atomic E-state index is 0.258. The Kier molecular flexibility index (Phi) is 3.79. The van der Waals surface area contributed by atoms with Crippen LogP contribution >= 0.6 is 0 Å². The molecule has 2 aromatic rings. The largest absolute Gasteiger partial charge is 0.310 e. The molecule has 1 heteroatoms. The molecule has 2 aromatic carbocycles. The first-order valence-electron chi connectivity index (χ1n) is 8.35. The van der Waals surface area contributed by atoms with Gasteiger partial charge in [0.1, 0.15) is 0 Å². The van der Waals surface area contributed by atoms with E-state index in [1.54, 1.807) is 0 Å². The van der Waals surface area contributed by atoms with E-state index in [9.17, 15) is 0 Å². The van der Waals surface area contributed by atoms with Crippen LogP contribution < -0.4 is 5.32 Å². The first-order valence-corrected chi connectivity index (χ1v) is 8.35. The fourth-order valence-corrected chi connectivity index (χ4v) is 3.74. The third kappa shape index (κ3) is 2.38. The van der Waals surface area contributed by atoms with Gasteiger partial charge >= 0.3 is 0 Å². The van der Waals surface area contributed by atoms with Crippen LogP contribution in [0.4, 0.5) is 0 Å².